The molecule has 6 N–H and O–H groups in total. The molecule has 1 fully saturated rings. The van der Waals surface area contributed by atoms with Crippen LogP contribution in [-0.2, 0) is 14.4 Å². The van der Waals surface area contributed by atoms with Crippen LogP contribution in [0, 0.1) is 0 Å². The van der Waals surface area contributed by atoms with Gasteiger partial charge in [-0.3, -0.25) is 4.79 Å². The molecule has 0 unspecified atom stereocenters. The van der Waals surface area contributed by atoms with Gasteiger partial charge in [0.2, 0.25) is 0 Å². The first kappa shape index (κ1) is 34.4. The normalized spacial score (nSPS) is 16.9. The van der Waals surface area contributed by atoms with Gasteiger partial charge in [-0.2, -0.15) is 0 Å². The average molecular weight is 647 g/mol. The molecule has 3 aromatic rings. The molecule has 0 radical (unpaired) electrons. The lowest BCUT2D eigenvalue weighted by Crippen LogP contribution is -2.45. The van der Waals surface area contributed by atoms with E-state index in [-0.39, 0.29) is 29.7 Å². The standard InChI is InChI=1S/C34H42N6O7/c1-34(2,3)47-33(42)38-25-12-10-24(11-13-25)37-32(41)23-18-28(45-26-14-6-21(7-15-26)30(35)39-43-4)20-29(19-23)46-27-16-8-22(9-17-27)31(36)40-44-5/h6-9,14-20,24-25H,10-13H2,1-5H3,(H2,35,39)(H2,36,40)(H,37,41)(H,38,42). The molecule has 0 bridgehead atoms. The van der Waals surface area contributed by atoms with Crippen LogP contribution in [0.1, 0.15) is 67.9 Å². The maximum absolute atomic E-state index is 13.5. The van der Waals surface area contributed by atoms with Gasteiger partial charge in [0.1, 0.15) is 42.8 Å². The van der Waals surface area contributed by atoms with Crippen molar-refractivity contribution in [2.24, 2.45) is 21.8 Å². The lowest BCUT2D eigenvalue weighted by molar-refractivity contribution is 0.0488. The van der Waals surface area contributed by atoms with Crippen molar-refractivity contribution < 1.29 is 33.5 Å². The number of nitrogens with zero attached hydrogens (tertiary/aromatic N) is 2. The number of amidine groups is 2. The third-order valence-corrected chi connectivity index (χ3v) is 7.08. The van der Waals surface area contributed by atoms with Gasteiger partial charge in [-0.05, 0) is 107 Å². The quantitative estimate of drug-likeness (QED) is 0.121. The van der Waals surface area contributed by atoms with Crippen LogP contribution in [-0.4, -0.2) is 55.6 Å². The van der Waals surface area contributed by atoms with Crippen LogP contribution in [0.3, 0.4) is 0 Å². The van der Waals surface area contributed by atoms with Gasteiger partial charge in [-0.15, -0.1) is 0 Å². The van der Waals surface area contributed by atoms with Crippen LogP contribution < -0.4 is 31.6 Å². The number of hydrogen-bond donors (Lipinski definition) is 4. The van der Waals surface area contributed by atoms with E-state index >= 15 is 0 Å². The highest BCUT2D eigenvalue weighted by Crippen LogP contribution is 2.31. The molecule has 0 atom stereocenters. The molecule has 3 aromatic carbocycles. The Morgan fingerprint density at radius 1 is 0.660 bits per heavy atom. The zero-order valence-electron chi connectivity index (χ0n) is 27.2. The van der Waals surface area contributed by atoms with Crippen molar-refractivity contribution >= 4 is 23.7 Å². The van der Waals surface area contributed by atoms with Crippen molar-refractivity contribution in [3.63, 3.8) is 0 Å². The van der Waals surface area contributed by atoms with Gasteiger partial charge in [-0.25, -0.2) is 4.79 Å². The number of nitrogens with two attached hydrogens (primary N) is 2. The maximum atomic E-state index is 13.5. The van der Waals surface area contributed by atoms with Crippen molar-refractivity contribution in [3.05, 3.63) is 83.4 Å². The van der Waals surface area contributed by atoms with E-state index in [1.165, 1.54) is 14.2 Å². The molecule has 0 heterocycles. The third kappa shape index (κ3) is 10.6. The lowest BCUT2D eigenvalue weighted by atomic mass is 9.91. The molecule has 0 aromatic heterocycles. The maximum Gasteiger partial charge on any atom is 0.407 e. The van der Waals surface area contributed by atoms with E-state index in [1.807, 2.05) is 20.8 Å². The van der Waals surface area contributed by atoms with E-state index in [2.05, 4.69) is 20.9 Å². The first-order valence-corrected chi connectivity index (χ1v) is 15.2. The molecule has 250 valence electrons. The first-order valence-electron chi connectivity index (χ1n) is 15.2. The average Bonchev–Trinajstić information content (AvgIpc) is 3.02. The SMILES string of the molecule is CON=C(N)c1ccc(Oc2cc(Oc3ccc(C(N)=NOC)cc3)cc(C(=O)NC3CCC(NC(=O)OC(C)(C)C)CC3)c2)cc1. The summed E-state index contributed by atoms with van der Waals surface area (Å²) in [6.45, 7) is 5.48. The largest absolute Gasteiger partial charge is 0.457 e. The summed E-state index contributed by atoms with van der Waals surface area (Å²) in [4.78, 5) is 35.2. The monoisotopic (exact) mass is 646 g/mol. The fourth-order valence-electron chi connectivity index (χ4n) is 4.91. The second-order valence-electron chi connectivity index (χ2n) is 11.9. The second kappa shape index (κ2) is 15.7. The first-order chi connectivity index (χ1) is 22.4. The molecule has 0 spiro atoms. The fourth-order valence-corrected chi connectivity index (χ4v) is 4.91. The number of rotatable bonds is 11. The van der Waals surface area contributed by atoms with Crippen molar-refractivity contribution in [1.29, 1.82) is 0 Å². The fraction of sp³-hybridized carbons (Fsp3) is 0.353. The molecule has 13 heteroatoms. The highest BCUT2D eigenvalue weighted by atomic mass is 16.6. The molecule has 1 aliphatic rings. The molecule has 1 aliphatic carbocycles. The third-order valence-electron chi connectivity index (χ3n) is 7.08. The lowest BCUT2D eigenvalue weighted by Gasteiger charge is -2.30. The summed E-state index contributed by atoms with van der Waals surface area (Å²) in [5.41, 5.74) is 12.9. The Bertz CT molecular complexity index is 1490. The summed E-state index contributed by atoms with van der Waals surface area (Å²) >= 11 is 0. The molecule has 1 saturated carbocycles. The molecule has 2 amide bonds. The summed E-state index contributed by atoms with van der Waals surface area (Å²) in [7, 11) is 2.84. The number of carbonyl (C=O) groups excluding carboxylic acids is 2. The molecular formula is C34H42N6O7. The number of amides is 2. The van der Waals surface area contributed by atoms with Crippen molar-refractivity contribution in [1.82, 2.24) is 10.6 Å². The molecule has 0 saturated heterocycles. The number of ether oxygens (including phenoxy) is 3. The Labute approximate surface area is 274 Å². The minimum Gasteiger partial charge on any atom is -0.457 e. The molecule has 47 heavy (non-hydrogen) atoms. The van der Waals surface area contributed by atoms with Gasteiger partial charge in [0, 0.05) is 34.8 Å². The summed E-state index contributed by atoms with van der Waals surface area (Å²) in [6.07, 6.45) is 2.40. The Morgan fingerprint density at radius 2 is 1.09 bits per heavy atom. The molecule has 13 nitrogen and oxygen atoms in total. The smallest absolute Gasteiger partial charge is 0.407 e. The van der Waals surface area contributed by atoms with Gasteiger partial charge in [0.05, 0.1) is 0 Å². The number of hydrogen-bond acceptors (Lipinski definition) is 9. The zero-order valence-corrected chi connectivity index (χ0v) is 27.2. The minimum absolute atomic E-state index is 0.0141. The molecule has 0 aliphatic heterocycles. The van der Waals surface area contributed by atoms with Gasteiger partial charge in [0.15, 0.2) is 11.7 Å². The van der Waals surface area contributed by atoms with E-state index in [9.17, 15) is 9.59 Å². The molecule has 4 rings (SSSR count). The van der Waals surface area contributed by atoms with Crippen LogP contribution in [0.25, 0.3) is 0 Å². The number of nitrogens with one attached hydrogen (secondary N) is 2. The van der Waals surface area contributed by atoms with Crippen LogP contribution in [0.2, 0.25) is 0 Å². The summed E-state index contributed by atoms with van der Waals surface area (Å²) in [5.74, 6) is 1.97. The second-order valence-corrected chi connectivity index (χ2v) is 11.9. The van der Waals surface area contributed by atoms with Gasteiger partial charge >= 0.3 is 6.09 Å². The van der Waals surface area contributed by atoms with Crippen molar-refractivity contribution in [2.45, 2.75) is 64.1 Å². The summed E-state index contributed by atoms with van der Waals surface area (Å²) in [6, 6.07) is 18.8. The van der Waals surface area contributed by atoms with Crippen LogP contribution in [0.15, 0.2) is 77.0 Å². The van der Waals surface area contributed by atoms with Gasteiger partial charge in [0.25, 0.3) is 5.91 Å². The Kier molecular flexibility index (Phi) is 11.5. The summed E-state index contributed by atoms with van der Waals surface area (Å²) < 4.78 is 17.6. The van der Waals surface area contributed by atoms with Crippen molar-refractivity contribution in [2.75, 3.05) is 14.2 Å². The molecular weight excluding hydrogens is 604 g/mol. The van der Waals surface area contributed by atoms with Crippen LogP contribution in [0.4, 0.5) is 4.79 Å². The Hall–Kier alpha value is -5.46. The highest BCUT2D eigenvalue weighted by molar-refractivity contribution is 5.98. The van der Waals surface area contributed by atoms with E-state index in [0.717, 1.165) is 0 Å². The van der Waals surface area contributed by atoms with Crippen molar-refractivity contribution in [3.8, 4) is 23.0 Å². The zero-order chi connectivity index (χ0) is 34.0. The summed E-state index contributed by atoms with van der Waals surface area (Å²) in [5, 5.41) is 13.5. The van der Waals surface area contributed by atoms with E-state index < -0.39 is 11.7 Å². The topological polar surface area (TPSA) is 181 Å². The Balaban J connectivity index is 1.49. The van der Waals surface area contributed by atoms with Gasteiger partial charge in [-0.1, -0.05) is 10.3 Å². The number of carbonyl (C=O) groups is 2. The Morgan fingerprint density at radius 3 is 1.49 bits per heavy atom. The minimum atomic E-state index is -0.567. The number of benzene rings is 3. The predicted molar refractivity (Wildman–Crippen MR) is 178 cm³/mol. The number of alkyl carbamates (subject to hydrolysis) is 1. The van der Waals surface area contributed by atoms with Crippen LogP contribution in [0.5, 0.6) is 23.0 Å². The van der Waals surface area contributed by atoms with E-state index in [4.69, 9.17) is 35.4 Å². The van der Waals surface area contributed by atoms with E-state index in [1.54, 1.807) is 66.7 Å². The van der Waals surface area contributed by atoms with Crippen LogP contribution >= 0.6 is 0 Å². The predicted octanol–water partition coefficient (Wildman–Crippen LogP) is 5.37. The highest BCUT2D eigenvalue weighted by Gasteiger charge is 2.26. The van der Waals surface area contributed by atoms with E-state index in [0.29, 0.717) is 65.4 Å². The van der Waals surface area contributed by atoms with Gasteiger partial charge < -0.3 is 46.0 Å². The number of oxime groups is 2.